The van der Waals surface area contributed by atoms with Crippen molar-refractivity contribution in [2.45, 2.75) is 58.7 Å². The molecule has 0 aliphatic heterocycles. The molecule has 0 aromatic rings. The highest BCUT2D eigenvalue weighted by atomic mass is 32.1. The van der Waals surface area contributed by atoms with Gasteiger partial charge in [-0.2, -0.15) is 0 Å². The maximum atomic E-state index is 5.95. The number of hydrogen-bond acceptors (Lipinski definition) is 2. The van der Waals surface area contributed by atoms with E-state index in [1.807, 2.05) is 0 Å². The van der Waals surface area contributed by atoms with Crippen molar-refractivity contribution in [3.63, 3.8) is 0 Å². The summed E-state index contributed by atoms with van der Waals surface area (Å²) in [5.74, 6) is 1.59. The summed E-state index contributed by atoms with van der Waals surface area (Å²) in [7, 11) is 0. The van der Waals surface area contributed by atoms with E-state index in [2.05, 4.69) is 20.8 Å². The molecule has 88 valence electrons. The molecule has 0 bridgehead atoms. The Morgan fingerprint density at radius 2 is 2.07 bits per heavy atom. The molecule has 0 amide bonds. The van der Waals surface area contributed by atoms with E-state index >= 15 is 0 Å². The predicted octanol–water partition coefficient (Wildman–Crippen LogP) is 2.89. The Morgan fingerprint density at radius 1 is 1.40 bits per heavy atom. The summed E-state index contributed by atoms with van der Waals surface area (Å²) in [5, 5.41) is 0. The van der Waals surface area contributed by atoms with Crippen LogP contribution in [0.2, 0.25) is 0 Å². The van der Waals surface area contributed by atoms with Crippen LogP contribution in [0.4, 0.5) is 0 Å². The summed E-state index contributed by atoms with van der Waals surface area (Å²) in [5.41, 5.74) is 5.63. The summed E-state index contributed by atoms with van der Waals surface area (Å²) < 4.78 is 5.95. The van der Waals surface area contributed by atoms with Crippen LogP contribution in [0, 0.1) is 11.8 Å². The summed E-state index contributed by atoms with van der Waals surface area (Å²) in [6.45, 7) is 6.70. The summed E-state index contributed by atoms with van der Waals surface area (Å²) in [6, 6.07) is 0. The Balaban J connectivity index is 2.42. The topological polar surface area (TPSA) is 35.2 Å². The highest BCUT2D eigenvalue weighted by Crippen LogP contribution is 2.31. The lowest BCUT2D eigenvalue weighted by molar-refractivity contribution is -0.0203. The van der Waals surface area contributed by atoms with E-state index in [4.69, 9.17) is 22.7 Å². The van der Waals surface area contributed by atoms with Gasteiger partial charge in [-0.15, -0.1) is 0 Å². The summed E-state index contributed by atoms with van der Waals surface area (Å²) in [6.07, 6.45) is 4.80. The van der Waals surface area contributed by atoms with Crippen LogP contribution in [0.25, 0.3) is 0 Å². The monoisotopic (exact) mass is 229 g/mol. The van der Waals surface area contributed by atoms with Gasteiger partial charge in [0.2, 0.25) is 0 Å². The van der Waals surface area contributed by atoms with E-state index in [1.54, 1.807) is 0 Å². The molecule has 4 atom stereocenters. The molecule has 0 radical (unpaired) electrons. The van der Waals surface area contributed by atoms with Crippen LogP contribution < -0.4 is 5.73 Å². The van der Waals surface area contributed by atoms with Gasteiger partial charge >= 0.3 is 0 Å². The van der Waals surface area contributed by atoms with Crippen LogP contribution in [0.5, 0.6) is 0 Å². The van der Waals surface area contributed by atoms with Crippen molar-refractivity contribution in [2.24, 2.45) is 17.6 Å². The van der Waals surface area contributed by atoms with Gasteiger partial charge in [0, 0.05) is 0 Å². The van der Waals surface area contributed by atoms with Crippen molar-refractivity contribution in [1.29, 1.82) is 0 Å². The van der Waals surface area contributed by atoms with Gasteiger partial charge in [-0.05, 0) is 37.5 Å². The fourth-order valence-corrected chi connectivity index (χ4v) is 2.44. The molecule has 0 heterocycles. The first-order valence-electron chi connectivity index (χ1n) is 5.99. The number of rotatable bonds is 4. The summed E-state index contributed by atoms with van der Waals surface area (Å²) >= 11 is 4.99. The lowest BCUT2D eigenvalue weighted by Gasteiger charge is -2.33. The van der Waals surface area contributed by atoms with Crippen LogP contribution >= 0.6 is 12.2 Å². The zero-order valence-corrected chi connectivity index (χ0v) is 10.8. The number of hydrogen-bond donors (Lipinski definition) is 1. The minimum atomic E-state index is -0.0226. The Morgan fingerprint density at radius 3 is 2.53 bits per heavy atom. The molecule has 0 aromatic heterocycles. The van der Waals surface area contributed by atoms with Crippen molar-refractivity contribution in [2.75, 3.05) is 0 Å². The number of ether oxygens (including phenoxy) is 1. The minimum Gasteiger partial charge on any atom is -0.391 e. The van der Waals surface area contributed by atoms with Gasteiger partial charge in [0.05, 0.1) is 6.10 Å². The van der Waals surface area contributed by atoms with Crippen molar-refractivity contribution in [3.8, 4) is 0 Å². The lowest BCUT2D eigenvalue weighted by Crippen LogP contribution is -2.36. The van der Waals surface area contributed by atoms with Gasteiger partial charge in [0.1, 0.15) is 11.1 Å². The first kappa shape index (κ1) is 12.9. The van der Waals surface area contributed by atoms with Crippen LogP contribution in [0.3, 0.4) is 0 Å². The molecule has 4 unspecified atom stereocenters. The largest absolute Gasteiger partial charge is 0.391 e. The molecule has 2 N–H and O–H groups in total. The zero-order valence-electron chi connectivity index (χ0n) is 10.0. The maximum absolute atomic E-state index is 5.95. The van der Waals surface area contributed by atoms with Crippen LogP contribution in [-0.2, 0) is 4.74 Å². The Labute approximate surface area is 98.6 Å². The molecule has 3 heteroatoms. The number of thiocarbonyl (C=S) groups is 1. The molecule has 15 heavy (non-hydrogen) atoms. The quantitative estimate of drug-likeness (QED) is 0.753. The predicted molar refractivity (Wildman–Crippen MR) is 67.9 cm³/mol. The molecular weight excluding hydrogens is 206 g/mol. The SMILES string of the molecule is CCC(OC1CCC(C)C(C)C1)C(N)=S. The Bertz CT molecular complexity index is 220. The van der Waals surface area contributed by atoms with E-state index in [-0.39, 0.29) is 6.10 Å². The Hall–Kier alpha value is -0.150. The Kier molecular flexibility index (Phi) is 5.00. The first-order valence-corrected chi connectivity index (χ1v) is 6.40. The van der Waals surface area contributed by atoms with Crippen molar-refractivity contribution in [3.05, 3.63) is 0 Å². The molecule has 1 rings (SSSR count). The minimum absolute atomic E-state index is 0.0226. The second-order valence-electron chi connectivity index (χ2n) is 4.82. The molecule has 0 saturated heterocycles. The average Bonchev–Trinajstić information content (AvgIpc) is 2.19. The van der Waals surface area contributed by atoms with Gasteiger partial charge in [-0.25, -0.2) is 0 Å². The summed E-state index contributed by atoms with van der Waals surface area (Å²) in [4.78, 5) is 0.503. The highest BCUT2D eigenvalue weighted by molar-refractivity contribution is 7.80. The maximum Gasteiger partial charge on any atom is 0.107 e. The molecule has 1 aliphatic carbocycles. The van der Waals surface area contributed by atoms with Crippen molar-refractivity contribution in [1.82, 2.24) is 0 Å². The van der Waals surface area contributed by atoms with Crippen LogP contribution in [0.15, 0.2) is 0 Å². The van der Waals surface area contributed by atoms with E-state index in [9.17, 15) is 0 Å². The average molecular weight is 229 g/mol. The van der Waals surface area contributed by atoms with Gasteiger partial charge in [-0.3, -0.25) is 0 Å². The second kappa shape index (κ2) is 5.80. The van der Waals surface area contributed by atoms with Crippen LogP contribution in [0.1, 0.15) is 46.5 Å². The third-order valence-electron chi connectivity index (χ3n) is 3.59. The van der Waals surface area contributed by atoms with Gasteiger partial charge in [-0.1, -0.05) is 33.0 Å². The molecular formula is C12H23NOS. The van der Waals surface area contributed by atoms with Gasteiger partial charge in [0.25, 0.3) is 0 Å². The molecule has 1 fully saturated rings. The van der Waals surface area contributed by atoms with Crippen LogP contribution in [-0.4, -0.2) is 17.2 Å². The smallest absolute Gasteiger partial charge is 0.107 e. The fraction of sp³-hybridized carbons (Fsp3) is 0.917. The molecule has 0 aromatic carbocycles. The van der Waals surface area contributed by atoms with E-state index < -0.39 is 0 Å². The molecule has 2 nitrogen and oxygen atoms in total. The lowest BCUT2D eigenvalue weighted by atomic mass is 9.80. The zero-order chi connectivity index (χ0) is 11.4. The number of nitrogens with two attached hydrogens (primary N) is 1. The van der Waals surface area contributed by atoms with E-state index in [0.717, 1.165) is 31.1 Å². The van der Waals surface area contributed by atoms with Crippen molar-refractivity contribution >= 4 is 17.2 Å². The standard InChI is InChI=1S/C12H23NOS/c1-4-11(12(13)15)14-10-6-5-8(2)9(3)7-10/h8-11H,4-7H2,1-3H3,(H2,13,15). The molecule has 1 aliphatic rings. The fourth-order valence-electron chi connectivity index (χ4n) is 2.22. The van der Waals surface area contributed by atoms with Gasteiger partial charge < -0.3 is 10.5 Å². The molecule has 1 saturated carbocycles. The van der Waals surface area contributed by atoms with Gasteiger partial charge in [0.15, 0.2) is 0 Å². The van der Waals surface area contributed by atoms with Crippen molar-refractivity contribution < 1.29 is 4.74 Å². The normalized spacial score (nSPS) is 33.7. The molecule has 0 spiro atoms. The second-order valence-corrected chi connectivity index (χ2v) is 5.30. The first-order chi connectivity index (χ1) is 7.04. The third kappa shape index (κ3) is 3.72. The highest BCUT2D eigenvalue weighted by Gasteiger charge is 2.27. The van der Waals surface area contributed by atoms with E-state index in [1.165, 1.54) is 6.42 Å². The third-order valence-corrected chi connectivity index (χ3v) is 3.86. The van der Waals surface area contributed by atoms with E-state index in [0.29, 0.717) is 11.1 Å².